The molecule has 1 rings (SSSR count). The Morgan fingerprint density at radius 2 is 2.06 bits per heavy atom. The fourth-order valence-electron chi connectivity index (χ4n) is 1.06. The van der Waals surface area contributed by atoms with Crippen molar-refractivity contribution in [3.63, 3.8) is 0 Å². The number of nitrogens with one attached hydrogen (secondary N) is 1. The normalized spacial score (nSPS) is 10.9. The number of nitro benzene ring substituents is 1. The lowest BCUT2D eigenvalue weighted by atomic mass is 10.2. The highest BCUT2D eigenvalue weighted by molar-refractivity contribution is 7.90. The molecule has 0 unspecified atom stereocenters. The number of carbonyl (C=O) groups is 1. The molecule has 0 fully saturated rings. The molecule has 1 aromatic rings. The number of hydrogen-bond acceptors (Lipinski definition) is 5. The third-order valence-electron chi connectivity index (χ3n) is 1.69. The predicted octanol–water partition coefficient (Wildman–Crippen LogP) is -0.0916. The Kier molecular flexibility index (Phi) is 3.29. The third-order valence-corrected chi connectivity index (χ3v) is 2.20. The quantitative estimate of drug-likeness (QED) is 0.508. The molecule has 0 radical (unpaired) electrons. The lowest BCUT2D eigenvalue weighted by Gasteiger charge is -2.04. The molecule has 0 amide bonds. The largest absolute Gasteiger partial charge is 0.478 e. The summed E-state index contributed by atoms with van der Waals surface area (Å²) in [5, 5.41) is 23.9. The number of aromatic carboxylic acids is 1. The minimum atomic E-state index is -4.17. The summed E-state index contributed by atoms with van der Waals surface area (Å²) in [6, 6.07) is 2.70. The van der Waals surface area contributed by atoms with Crippen molar-refractivity contribution in [2.75, 3.05) is 4.72 Å². The molecule has 10 heteroatoms. The van der Waals surface area contributed by atoms with E-state index in [0.717, 1.165) is 18.2 Å². The first kappa shape index (κ1) is 12.9. The molecule has 4 N–H and O–H groups in total. The average Bonchev–Trinajstić information content (AvgIpc) is 2.14. The highest BCUT2D eigenvalue weighted by atomic mass is 32.2. The van der Waals surface area contributed by atoms with E-state index in [1.807, 2.05) is 0 Å². The van der Waals surface area contributed by atoms with Crippen molar-refractivity contribution in [1.82, 2.24) is 0 Å². The summed E-state index contributed by atoms with van der Waals surface area (Å²) >= 11 is 0. The molecule has 9 nitrogen and oxygen atoms in total. The van der Waals surface area contributed by atoms with Gasteiger partial charge in [0.1, 0.15) is 5.69 Å². The molecular formula is C7H7N3O6S. The van der Waals surface area contributed by atoms with Crippen LogP contribution >= 0.6 is 0 Å². The number of nitro groups is 1. The fraction of sp³-hybridized carbons (Fsp3) is 0. The van der Waals surface area contributed by atoms with Crippen LogP contribution in [0.25, 0.3) is 0 Å². The first-order chi connectivity index (χ1) is 7.70. The highest BCUT2D eigenvalue weighted by Crippen LogP contribution is 2.25. The van der Waals surface area contributed by atoms with E-state index in [0.29, 0.717) is 0 Å². The number of benzene rings is 1. The van der Waals surface area contributed by atoms with Gasteiger partial charge in [-0.3, -0.25) is 14.8 Å². The van der Waals surface area contributed by atoms with Crippen molar-refractivity contribution in [2.45, 2.75) is 0 Å². The van der Waals surface area contributed by atoms with Crippen molar-refractivity contribution in [2.24, 2.45) is 5.14 Å². The van der Waals surface area contributed by atoms with Crippen LogP contribution in [-0.2, 0) is 10.2 Å². The van der Waals surface area contributed by atoms with Crippen LogP contribution in [-0.4, -0.2) is 24.4 Å². The van der Waals surface area contributed by atoms with Crippen molar-refractivity contribution in [3.8, 4) is 0 Å². The van der Waals surface area contributed by atoms with Crippen molar-refractivity contribution in [1.29, 1.82) is 0 Å². The van der Waals surface area contributed by atoms with E-state index in [1.54, 1.807) is 4.72 Å². The van der Waals surface area contributed by atoms with Crippen LogP contribution in [0.1, 0.15) is 10.4 Å². The van der Waals surface area contributed by atoms with Gasteiger partial charge in [-0.1, -0.05) is 0 Å². The van der Waals surface area contributed by atoms with Crippen molar-refractivity contribution >= 4 is 27.6 Å². The molecule has 0 aliphatic rings. The molecule has 0 spiro atoms. The third kappa shape index (κ3) is 3.39. The molecule has 0 aromatic heterocycles. The average molecular weight is 261 g/mol. The number of carboxylic acid groups (broad SMARTS) is 1. The van der Waals surface area contributed by atoms with Gasteiger partial charge >= 0.3 is 5.97 Å². The molecule has 92 valence electrons. The van der Waals surface area contributed by atoms with E-state index in [1.165, 1.54) is 0 Å². The minimum Gasteiger partial charge on any atom is -0.478 e. The van der Waals surface area contributed by atoms with Crippen LogP contribution in [0.5, 0.6) is 0 Å². The van der Waals surface area contributed by atoms with Crippen LogP contribution in [0.2, 0.25) is 0 Å². The van der Waals surface area contributed by atoms with Gasteiger partial charge in [0.25, 0.3) is 15.9 Å². The number of nitrogens with two attached hydrogens (primary N) is 1. The Morgan fingerprint density at radius 1 is 1.47 bits per heavy atom. The Balaban J connectivity index is 3.32. The van der Waals surface area contributed by atoms with Crippen molar-refractivity contribution < 1.29 is 23.2 Å². The summed E-state index contributed by atoms with van der Waals surface area (Å²) in [7, 11) is -4.17. The molecular weight excluding hydrogens is 254 g/mol. The SMILES string of the molecule is NS(=O)(=O)Nc1ccc(C(=O)O)cc1[N+](=O)[O-]. The first-order valence-electron chi connectivity index (χ1n) is 4.03. The zero-order valence-corrected chi connectivity index (χ0v) is 8.97. The predicted molar refractivity (Wildman–Crippen MR) is 56.8 cm³/mol. The van der Waals surface area contributed by atoms with Gasteiger partial charge < -0.3 is 5.11 Å². The van der Waals surface area contributed by atoms with Gasteiger partial charge in [0, 0.05) is 6.07 Å². The fourth-order valence-corrected chi connectivity index (χ4v) is 1.53. The maximum atomic E-state index is 10.7. The molecule has 0 heterocycles. The second kappa shape index (κ2) is 4.35. The summed E-state index contributed by atoms with van der Waals surface area (Å²) in [5.74, 6) is -1.37. The summed E-state index contributed by atoms with van der Waals surface area (Å²) in [6.07, 6.45) is 0. The first-order valence-corrected chi connectivity index (χ1v) is 5.57. The Hall–Kier alpha value is -2.20. The van der Waals surface area contributed by atoms with Gasteiger partial charge in [-0.05, 0) is 12.1 Å². The van der Waals surface area contributed by atoms with Gasteiger partial charge in [0.2, 0.25) is 0 Å². The monoisotopic (exact) mass is 261 g/mol. The Morgan fingerprint density at radius 3 is 2.47 bits per heavy atom. The summed E-state index contributed by atoms with van der Waals surface area (Å²) < 4.78 is 23.2. The zero-order valence-electron chi connectivity index (χ0n) is 8.15. The topological polar surface area (TPSA) is 153 Å². The number of rotatable bonds is 4. The van der Waals surface area contributed by atoms with Crippen LogP contribution in [0.15, 0.2) is 18.2 Å². The Labute approximate surface area is 95.2 Å². The van der Waals surface area contributed by atoms with E-state index in [-0.39, 0.29) is 5.56 Å². The van der Waals surface area contributed by atoms with Gasteiger partial charge in [-0.25, -0.2) is 9.93 Å². The van der Waals surface area contributed by atoms with Crippen LogP contribution in [0.4, 0.5) is 11.4 Å². The molecule has 0 aliphatic heterocycles. The molecule has 0 bridgehead atoms. The van der Waals surface area contributed by atoms with Crippen LogP contribution < -0.4 is 9.86 Å². The molecule has 1 aromatic carbocycles. The van der Waals surface area contributed by atoms with Gasteiger partial charge in [0.15, 0.2) is 0 Å². The second-order valence-electron chi connectivity index (χ2n) is 2.94. The molecule has 0 atom stereocenters. The molecule has 17 heavy (non-hydrogen) atoms. The number of hydrogen-bond donors (Lipinski definition) is 3. The molecule has 0 aliphatic carbocycles. The van der Waals surface area contributed by atoms with E-state index in [9.17, 15) is 23.3 Å². The van der Waals surface area contributed by atoms with Crippen molar-refractivity contribution in [3.05, 3.63) is 33.9 Å². The smallest absolute Gasteiger partial charge is 0.335 e. The minimum absolute atomic E-state index is 0.336. The summed E-state index contributed by atoms with van der Waals surface area (Å²) in [4.78, 5) is 20.3. The van der Waals surface area contributed by atoms with E-state index < -0.39 is 32.5 Å². The molecule has 0 saturated carbocycles. The van der Waals surface area contributed by atoms with E-state index in [2.05, 4.69) is 5.14 Å². The molecule has 0 saturated heterocycles. The Bertz CT molecular complexity index is 581. The lowest BCUT2D eigenvalue weighted by Crippen LogP contribution is -2.22. The number of carboxylic acids is 1. The van der Waals surface area contributed by atoms with Crippen LogP contribution in [0, 0.1) is 10.1 Å². The summed E-state index contributed by atoms with van der Waals surface area (Å²) in [5.41, 5.74) is -1.43. The zero-order chi connectivity index (χ0) is 13.2. The maximum absolute atomic E-state index is 10.7. The summed E-state index contributed by atoms with van der Waals surface area (Å²) in [6.45, 7) is 0. The van der Waals surface area contributed by atoms with Crippen LogP contribution in [0.3, 0.4) is 0 Å². The van der Waals surface area contributed by atoms with E-state index >= 15 is 0 Å². The van der Waals surface area contributed by atoms with Gasteiger partial charge in [-0.2, -0.15) is 8.42 Å². The van der Waals surface area contributed by atoms with Gasteiger partial charge in [0.05, 0.1) is 10.5 Å². The standard InChI is InChI=1S/C7H7N3O6S/c8-17(15,16)9-5-2-1-4(7(11)12)3-6(5)10(13)14/h1-3,9H,(H,11,12)(H2,8,15,16). The van der Waals surface area contributed by atoms with E-state index in [4.69, 9.17) is 5.11 Å². The number of anilines is 1. The lowest BCUT2D eigenvalue weighted by molar-refractivity contribution is -0.383. The maximum Gasteiger partial charge on any atom is 0.335 e. The number of nitrogens with zero attached hydrogens (tertiary/aromatic N) is 1. The second-order valence-corrected chi connectivity index (χ2v) is 4.24. The highest BCUT2D eigenvalue weighted by Gasteiger charge is 2.19. The van der Waals surface area contributed by atoms with Gasteiger partial charge in [-0.15, -0.1) is 0 Å².